The van der Waals surface area contributed by atoms with Crippen LogP contribution in [0.5, 0.6) is 0 Å². The van der Waals surface area contributed by atoms with E-state index in [1.165, 1.54) is 6.07 Å². The second-order valence-corrected chi connectivity index (χ2v) is 9.03. The number of aliphatic hydroxyl groups is 1. The van der Waals surface area contributed by atoms with Gasteiger partial charge in [-0.05, 0) is 69.0 Å². The van der Waals surface area contributed by atoms with Crippen molar-refractivity contribution in [1.29, 1.82) is 0 Å². The SMILES string of the molecule is CC(C)(O)c1cc(F)c2nc(CCCC(=O)CSC(F)(F)F)n(C3CCC3)c2c1. The van der Waals surface area contributed by atoms with Crippen LogP contribution in [0.15, 0.2) is 12.1 Å². The molecule has 0 aliphatic heterocycles. The van der Waals surface area contributed by atoms with Crippen molar-refractivity contribution in [2.75, 3.05) is 5.75 Å². The van der Waals surface area contributed by atoms with E-state index in [0.717, 1.165) is 19.3 Å². The molecular formula is C20H24F4N2O2S. The number of hydrogen-bond acceptors (Lipinski definition) is 4. The van der Waals surface area contributed by atoms with Gasteiger partial charge >= 0.3 is 5.51 Å². The number of Topliss-reactive ketones (excluding diaryl/α,β-unsaturated/α-hetero) is 1. The molecule has 160 valence electrons. The van der Waals surface area contributed by atoms with Gasteiger partial charge in [0.25, 0.3) is 0 Å². The van der Waals surface area contributed by atoms with E-state index < -0.39 is 28.5 Å². The van der Waals surface area contributed by atoms with Gasteiger partial charge in [0.1, 0.15) is 17.1 Å². The van der Waals surface area contributed by atoms with Crippen molar-refractivity contribution < 1.29 is 27.5 Å². The highest BCUT2D eigenvalue weighted by Crippen LogP contribution is 2.38. The molecule has 0 saturated heterocycles. The van der Waals surface area contributed by atoms with Crippen molar-refractivity contribution in [3.05, 3.63) is 29.3 Å². The molecule has 0 unspecified atom stereocenters. The first-order valence-corrected chi connectivity index (χ1v) is 10.6. The Labute approximate surface area is 170 Å². The standard InChI is InChI=1S/C20H24F4N2O2S/c1-19(2,28)12-9-15(21)18-16(10-12)26(13-5-3-6-13)17(25-18)8-4-7-14(27)11-29-20(22,23)24/h9-10,13,28H,3-8,11H2,1-2H3. The minimum Gasteiger partial charge on any atom is -0.386 e. The van der Waals surface area contributed by atoms with Crippen LogP contribution < -0.4 is 0 Å². The number of nitrogens with zero attached hydrogens (tertiary/aromatic N) is 2. The van der Waals surface area contributed by atoms with Crippen molar-refractivity contribution in [3.8, 4) is 0 Å². The second-order valence-electron chi connectivity index (χ2n) is 7.99. The maximum Gasteiger partial charge on any atom is 0.442 e. The first-order valence-electron chi connectivity index (χ1n) is 9.61. The van der Waals surface area contributed by atoms with Crippen LogP contribution in [-0.4, -0.2) is 31.7 Å². The molecule has 1 saturated carbocycles. The van der Waals surface area contributed by atoms with Crippen molar-refractivity contribution in [3.63, 3.8) is 0 Å². The number of hydrogen-bond donors (Lipinski definition) is 1. The second kappa shape index (κ2) is 8.26. The van der Waals surface area contributed by atoms with Crippen LogP contribution in [0.4, 0.5) is 17.6 Å². The molecule has 2 aromatic rings. The highest BCUT2D eigenvalue weighted by Gasteiger charge is 2.30. The van der Waals surface area contributed by atoms with Gasteiger partial charge in [-0.15, -0.1) is 0 Å². The summed E-state index contributed by atoms with van der Waals surface area (Å²) in [5.41, 5.74) is -4.33. The Morgan fingerprint density at radius 3 is 2.55 bits per heavy atom. The maximum atomic E-state index is 14.7. The predicted molar refractivity (Wildman–Crippen MR) is 104 cm³/mol. The third kappa shape index (κ3) is 5.31. The lowest BCUT2D eigenvalue weighted by Crippen LogP contribution is -2.20. The fraction of sp³-hybridized carbons (Fsp3) is 0.600. The molecule has 0 bridgehead atoms. The third-order valence-corrected chi connectivity index (χ3v) is 6.01. The smallest absolute Gasteiger partial charge is 0.386 e. The zero-order valence-electron chi connectivity index (χ0n) is 16.4. The van der Waals surface area contributed by atoms with Gasteiger partial charge in [0.05, 0.1) is 16.9 Å². The molecule has 0 atom stereocenters. The number of halogens is 4. The van der Waals surface area contributed by atoms with E-state index in [4.69, 9.17) is 0 Å². The van der Waals surface area contributed by atoms with Crippen LogP contribution in [0.3, 0.4) is 0 Å². The minimum atomic E-state index is -4.41. The lowest BCUT2D eigenvalue weighted by atomic mass is 9.92. The molecule has 1 aromatic carbocycles. The van der Waals surface area contributed by atoms with E-state index in [1.807, 2.05) is 4.57 Å². The molecule has 1 N–H and O–H groups in total. The molecule has 1 aliphatic carbocycles. The number of thioether (sulfide) groups is 1. The van der Waals surface area contributed by atoms with Crippen LogP contribution in [0, 0.1) is 5.82 Å². The Bertz CT molecular complexity index is 898. The van der Waals surface area contributed by atoms with E-state index in [2.05, 4.69) is 4.98 Å². The van der Waals surface area contributed by atoms with Gasteiger partial charge < -0.3 is 9.67 Å². The van der Waals surface area contributed by atoms with Gasteiger partial charge in [0.15, 0.2) is 5.82 Å². The number of ketones is 1. The van der Waals surface area contributed by atoms with Gasteiger partial charge in [-0.3, -0.25) is 4.79 Å². The van der Waals surface area contributed by atoms with Gasteiger partial charge in [0.2, 0.25) is 0 Å². The fourth-order valence-electron chi connectivity index (χ4n) is 3.46. The average molecular weight is 432 g/mol. The molecular weight excluding hydrogens is 408 g/mol. The van der Waals surface area contributed by atoms with Crippen LogP contribution in [-0.2, 0) is 16.8 Å². The Hall–Kier alpha value is -1.61. The van der Waals surface area contributed by atoms with Gasteiger partial charge in [-0.2, -0.15) is 13.2 Å². The molecule has 9 heteroatoms. The topological polar surface area (TPSA) is 55.1 Å². The first-order chi connectivity index (χ1) is 13.5. The van der Waals surface area contributed by atoms with Gasteiger partial charge in [-0.25, -0.2) is 9.37 Å². The summed E-state index contributed by atoms with van der Waals surface area (Å²) < 4.78 is 53.3. The Kier molecular flexibility index (Phi) is 6.29. The number of carbonyl (C=O) groups excluding carboxylic acids is 1. The highest BCUT2D eigenvalue weighted by molar-refractivity contribution is 8.00. The van der Waals surface area contributed by atoms with E-state index in [0.29, 0.717) is 29.7 Å². The zero-order chi connectivity index (χ0) is 21.4. The van der Waals surface area contributed by atoms with Gasteiger partial charge in [0, 0.05) is 18.9 Å². The summed E-state index contributed by atoms with van der Waals surface area (Å²) in [6.45, 7) is 3.17. The molecule has 3 rings (SSSR count). The summed E-state index contributed by atoms with van der Waals surface area (Å²) >= 11 is -0.325. The summed E-state index contributed by atoms with van der Waals surface area (Å²) in [5.74, 6) is -0.940. The highest BCUT2D eigenvalue weighted by atomic mass is 32.2. The van der Waals surface area contributed by atoms with Crippen molar-refractivity contribution in [2.24, 2.45) is 0 Å². The van der Waals surface area contributed by atoms with E-state index in [1.54, 1.807) is 19.9 Å². The molecule has 0 amide bonds. The summed E-state index contributed by atoms with van der Waals surface area (Å²) in [7, 11) is 0. The molecule has 1 aromatic heterocycles. The van der Waals surface area contributed by atoms with Crippen LogP contribution >= 0.6 is 11.8 Å². The van der Waals surface area contributed by atoms with Crippen LogP contribution in [0.2, 0.25) is 0 Å². The Morgan fingerprint density at radius 1 is 1.31 bits per heavy atom. The number of aromatic nitrogens is 2. The first kappa shape index (κ1) is 22.1. The molecule has 1 fully saturated rings. The number of aryl methyl sites for hydroxylation is 1. The number of rotatable bonds is 8. The van der Waals surface area contributed by atoms with Crippen molar-refractivity contribution in [1.82, 2.24) is 9.55 Å². The maximum absolute atomic E-state index is 14.7. The van der Waals surface area contributed by atoms with Crippen LogP contribution in [0.25, 0.3) is 11.0 Å². The Balaban J connectivity index is 1.80. The minimum absolute atomic E-state index is 0.0222. The lowest BCUT2D eigenvalue weighted by Gasteiger charge is -2.29. The summed E-state index contributed by atoms with van der Waals surface area (Å²) in [5, 5.41) is 10.3. The largest absolute Gasteiger partial charge is 0.442 e. The molecule has 4 nitrogen and oxygen atoms in total. The molecule has 0 spiro atoms. The Morgan fingerprint density at radius 2 is 2.00 bits per heavy atom. The summed E-state index contributed by atoms with van der Waals surface area (Å²) in [6, 6.07) is 3.21. The average Bonchev–Trinajstić information content (AvgIpc) is 2.89. The van der Waals surface area contributed by atoms with Crippen LogP contribution in [0.1, 0.15) is 63.4 Å². The number of benzene rings is 1. The number of fused-ring (bicyclic) bond motifs is 1. The summed E-state index contributed by atoms with van der Waals surface area (Å²) in [6.07, 6.45) is 3.69. The van der Waals surface area contributed by atoms with Crippen molar-refractivity contribution >= 4 is 28.6 Å². The number of carbonyl (C=O) groups is 1. The molecule has 29 heavy (non-hydrogen) atoms. The zero-order valence-corrected chi connectivity index (χ0v) is 17.2. The van der Waals surface area contributed by atoms with E-state index in [9.17, 15) is 27.5 Å². The summed E-state index contributed by atoms with van der Waals surface area (Å²) in [4.78, 5) is 16.1. The molecule has 1 heterocycles. The predicted octanol–water partition coefficient (Wildman–Crippen LogP) is 5.27. The van der Waals surface area contributed by atoms with E-state index in [-0.39, 0.29) is 29.7 Å². The van der Waals surface area contributed by atoms with Gasteiger partial charge in [-0.1, -0.05) is 0 Å². The quantitative estimate of drug-likeness (QED) is 0.577. The molecule has 0 radical (unpaired) electrons. The fourth-order valence-corrected chi connectivity index (χ4v) is 3.93. The van der Waals surface area contributed by atoms with E-state index >= 15 is 0 Å². The monoisotopic (exact) mass is 432 g/mol. The third-order valence-electron chi connectivity index (χ3n) is 5.22. The number of imidazole rings is 1. The normalized spacial score (nSPS) is 15.7. The number of alkyl halides is 3. The lowest BCUT2D eigenvalue weighted by molar-refractivity contribution is -0.116. The molecule has 1 aliphatic rings. The van der Waals surface area contributed by atoms with Crippen molar-refractivity contribution in [2.45, 2.75) is 69.5 Å².